The van der Waals surface area contributed by atoms with Crippen molar-refractivity contribution in [3.63, 3.8) is 0 Å². The molecule has 0 aliphatic rings. The summed E-state index contributed by atoms with van der Waals surface area (Å²) in [5.41, 5.74) is 1.19. The average molecular weight is 289 g/mol. The molecule has 1 heterocycles. The van der Waals surface area contributed by atoms with Crippen molar-refractivity contribution in [2.75, 3.05) is 26.9 Å². The highest BCUT2D eigenvalue weighted by Gasteiger charge is 1.99. The van der Waals surface area contributed by atoms with E-state index in [1.165, 1.54) is 5.56 Å². The Morgan fingerprint density at radius 1 is 1.19 bits per heavy atom. The minimum atomic E-state index is 0.700. The summed E-state index contributed by atoms with van der Waals surface area (Å²) in [6, 6.07) is 9.88. The van der Waals surface area contributed by atoms with Gasteiger partial charge in [0.2, 0.25) is 0 Å². The van der Waals surface area contributed by atoms with E-state index in [4.69, 9.17) is 9.47 Å². The Morgan fingerprint density at radius 2 is 2.05 bits per heavy atom. The lowest BCUT2D eigenvalue weighted by Crippen LogP contribution is -2.18. The Hall–Kier alpha value is -1.85. The first-order valence-corrected chi connectivity index (χ1v) is 7.27. The molecule has 0 fully saturated rings. The van der Waals surface area contributed by atoms with Crippen molar-refractivity contribution in [2.45, 2.75) is 19.5 Å². The van der Waals surface area contributed by atoms with Crippen molar-refractivity contribution in [3.05, 3.63) is 48.3 Å². The van der Waals surface area contributed by atoms with E-state index < -0.39 is 0 Å². The third kappa shape index (κ3) is 5.97. The van der Waals surface area contributed by atoms with E-state index in [1.54, 1.807) is 7.11 Å². The van der Waals surface area contributed by atoms with Crippen LogP contribution in [0, 0.1) is 0 Å². The van der Waals surface area contributed by atoms with E-state index >= 15 is 0 Å². The predicted molar refractivity (Wildman–Crippen MR) is 82.4 cm³/mol. The van der Waals surface area contributed by atoms with Gasteiger partial charge in [-0.15, -0.1) is 0 Å². The molecule has 0 atom stereocenters. The van der Waals surface area contributed by atoms with Gasteiger partial charge in [0.15, 0.2) is 0 Å². The summed E-state index contributed by atoms with van der Waals surface area (Å²) >= 11 is 0. The lowest BCUT2D eigenvalue weighted by molar-refractivity contribution is 0.199. The van der Waals surface area contributed by atoms with Crippen LogP contribution in [-0.4, -0.2) is 36.6 Å². The molecule has 0 aliphatic heterocycles. The number of aromatic nitrogens is 2. The molecule has 2 aromatic rings. The summed E-state index contributed by atoms with van der Waals surface area (Å²) in [4.78, 5) is 0. The molecule has 0 saturated carbocycles. The number of nitrogens with one attached hydrogen (secondary N) is 1. The molecule has 0 saturated heterocycles. The number of hydrogen-bond acceptors (Lipinski definition) is 4. The number of aryl methyl sites for hydroxylation is 1. The standard InChI is InChI=1S/C16H23N3O2/c1-20-11-8-17-12-15-13-18-19(14-15)9-5-10-21-16-6-3-2-4-7-16/h2-4,6-7,13-14,17H,5,8-12H2,1H3. The molecule has 1 N–H and O–H groups in total. The van der Waals surface area contributed by atoms with Crippen LogP contribution >= 0.6 is 0 Å². The second kappa shape index (κ2) is 9.15. The maximum Gasteiger partial charge on any atom is 0.119 e. The van der Waals surface area contributed by atoms with Crippen molar-refractivity contribution >= 4 is 0 Å². The summed E-state index contributed by atoms with van der Waals surface area (Å²) in [5.74, 6) is 0.918. The summed E-state index contributed by atoms with van der Waals surface area (Å²) in [5, 5.41) is 7.65. The lowest BCUT2D eigenvalue weighted by atomic mass is 10.3. The van der Waals surface area contributed by atoms with Crippen LogP contribution in [0.2, 0.25) is 0 Å². The fourth-order valence-electron chi connectivity index (χ4n) is 1.96. The van der Waals surface area contributed by atoms with Crippen LogP contribution in [0.5, 0.6) is 5.75 Å². The van der Waals surface area contributed by atoms with Gasteiger partial charge in [-0.05, 0) is 12.1 Å². The Balaban J connectivity index is 1.61. The maximum absolute atomic E-state index is 5.66. The van der Waals surface area contributed by atoms with Gasteiger partial charge in [-0.1, -0.05) is 18.2 Å². The number of nitrogens with zero attached hydrogens (tertiary/aromatic N) is 2. The van der Waals surface area contributed by atoms with Crippen molar-refractivity contribution in [1.82, 2.24) is 15.1 Å². The van der Waals surface area contributed by atoms with Crippen LogP contribution in [0.25, 0.3) is 0 Å². The van der Waals surface area contributed by atoms with Gasteiger partial charge >= 0.3 is 0 Å². The molecule has 5 nitrogen and oxygen atoms in total. The van der Waals surface area contributed by atoms with Gasteiger partial charge in [-0.2, -0.15) is 5.10 Å². The molecule has 0 radical (unpaired) electrons. The van der Waals surface area contributed by atoms with Crippen LogP contribution < -0.4 is 10.1 Å². The molecule has 5 heteroatoms. The number of hydrogen-bond donors (Lipinski definition) is 1. The zero-order chi connectivity index (χ0) is 14.8. The molecule has 0 amide bonds. The molecule has 114 valence electrons. The van der Waals surface area contributed by atoms with Crippen molar-refractivity contribution in [2.24, 2.45) is 0 Å². The largest absolute Gasteiger partial charge is 0.494 e. The fourth-order valence-corrected chi connectivity index (χ4v) is 1.96. The van der Waals surface area contributed by atoms with Gasteiger partial charge in [0.25, 0.3) is 0 Å². The third-order valence-corrected chi connectivity index (χ3v) is 3.04. The molecule has 0 aliphatic carbocycles. The highest BCUT2D eigenvalue weighted by Crippen LogP contribution is 2.08. The second-order valence-corrected chi connectivity index (χ2v) is 4.80. The zero-order valence-electron chi connectivity index (χ0n) is 12.5. The van der Waals surface area contributed by atoms with E-state index in [-0.39, 0.29) is 0 Å². The fraction of sp³-hybridized carbons (Fsp3) is 0.438. The Morgan fingerprint density at radius 3 is 2.86 bits per heavy atom. The molecule has 21 heavy (non-hydrogen) atoms. The molecule has 1 aromatic carbocycles. The number of benzene rings is 1. The summed E-state index contributed by atoms with van der Waals surface area (Å²) in [6.45, 7) is 3.97. The first kappa shape index (κ1) is 15.5. The normalized spacial score (nSPS) is 10.7. The number of para-hydroxylation sites is 1. The van der Waals surface area contributed by atoms with Gasteiger partial charge in [0.1, 0.15) is 5.75 Å². The third-order valence-electron chi connectivity index (χ3n) is 3.04. The van der Waals surface area contributed by atoms with Crippen LogP contribution in [0.4, 0.5) is 0 Å². The smallest absolute Gasteiger partial charge is 0.119 e. The minimum Gasteiger partial charge on any atom is -0.494 e. The molecule has 0 spiro atoms. The molecular formula is C16H23N3O2. The topological polar surface area (TPSA) is 48.3 Å². The highest BCUT2D eigenvalue weighted by atomic mass is 16.5. The van der Waals surface area contributed by atoms with Crippen LogP contribution in [0.15, 0.2) is 42.7 Å². The lowest BCUT2D eigenvalue weighted by Gasteiger charge is -2.05. The summed E-state index contributed by atoms with van der Waals surface area (Å²) < 4.78 is 12.6. The van der Waals surface area contributed by atoms with Crippen LogP contribution in [0.3, 0.4) is 0 Å². The van der Waals surface area contributed by atoms with E-state index in [2.05, 4.69) is 16.6 Å². The van der Waals surface area contributed by atoms with Crippen molar-refractivity contribution in [3.8, 4) is 5.75 Å². The summed E-state index contributed by atoms with van der Waals surface area (Å²) in [7, 11) is 1.71. The average Bonchev–Trinajstić information content (AvgIpc) is 2.97. The number of rotatable bonds is 10. The molecule has 1 aromatic heterocycles. The molecule has 0 bridgehead atoms. The van der Waals surface area contributed by atoms with E-state index in [1.807, 2.05) is 41.2 Å². The van der Waals surface area contributed by atoms with Gasteiger partial charge < -0.3 is 14.8 Å². The molecule has 2 rings (SSSR count). The molecule has 0 unspecified atom stereocenters. The first-order valence-electron chi connectivity index (χ1n) is 7.27. The van der Waals surface area contributed by atoms with Crippen LogP contribution in [0.1, 0.15) is 12.0 Å². The van der Waals surface area contributed by atoms with Gasteiger partial charge in [-0.3, -0.25) is 4.68 Å². The van der Waals surface area contributed by atoms with E-state index in [0.29, 0.717) is 6.61 Å². The Bertz CT molecular complexity index is 499. The highest BCUT2D eigenvalue weighted by molar-refractivity contribution is 5.20. The molecular weight excluding hydrogens is 266 g/mol. The second-order valence-electron chi connectivity index (χ2n) is 4.80. The van der Waals surface area contributed by atoms with E-state index in [9.17, 15) is 0 Å². The SMILES string of the molecule is COCCNCc1cnn(CCCOc2ccccc2)c1. The number of ether oxygens (including phenoxy) is 2. The van der Waals surface area contributed by atoms with Gasteiger partial charge in [0, 0.05) is 44.9 Å². The van der Waals surface area contributed by atoms with Crippen LogP contribution in [-0.2, 0) is 17.8 Å². The maximum atomic E-state index is 5.66. The Kier molecular flexibility index (Phi) is 6.77. The zero-order valence-corrected chi connectivity index (χ0v) is 12.5. The van der Waals surface area contributed by atoms with Gasteiger partial charge in [-0.25, -0.2) is 0 Å². The van der Waals surface area contributed by atoms with Gasteiger partial charge in [0.05, 0.1) is 19.4 Å². The summed E-state index contributed by atoms with van der Waals surface area (Å²) in [6.07, 6.45) is 4.91. The first-order chi connectivity index (χ1) is 10.4. The van der Waals surface area contributed by atoms with Crippen molar-refractivity contribution < 1.29 is 9.47 Å². The number of methoxy groups -OCH3 is 1. The Labute approximate surface area is 125 Å². The monoisotopic (exact) mass is 289 g/mol. The van der Waals surface area contributed by atoms with Crippen molar-refractivity contribution in [1.29, 1.82) is 0 Å². The van der Waals surface area contributed by atoms with E-state index in [0.717, 1.165) is 38.4 Å². The minimum absolute atomic E-state index is 0.700. The predicted octanol–water partition coefficient (Wildman–Crippen LogP) is 2.09. The quantitative estimate of drug-likeness (QED) is 0.680.